The summed E-state index contributed by atoms with van der Waals surface area (Å²) in [7, 11) is 0. The first-order chi connectivity index (χ1) is 8.18. The van der Waals surface area contributed by atoms with Crippen LogP contribution < -0.4 is 5.06 Å². The molecule has 0 spiro atoms. The van der Waals surface area contributed by atoms with Crippen molar-refractivity contribution in [2.24, 2.45) is 0 Å². The zero-order valence-corrected chi connectivity index (χ0v) is 9.50. The van der Waals surface area contributed by atoms with Gasteiger partial charge in [-0.2, -0.15) is 5.06 Å². The van der Waals surface area contributed by atoms with Crippen molar-refractivity contribution >= 4 is 11.6 Å². The minimum Gasteiger partial charge on any atom is -0.281 e. The molecule has 2 aromatic rings. The van der Waals surface area contributed by atoms with E-state index >= 15 is 0 Å². The number of hydrogen-bond acceptors (Lipinski definition) is 2. The Kier molecular flexibility index (Phi) is 3.21. The Bertz CT molecular complexity index is 523. The second kappa shape index (κ2) is 4.80. The Morgan fingerprint density at radius 2 is 1.76 bits per heavy atom. The van der Waals surface area contributed by atoms with Crippen molar-refractivity contribution in [2.45, 2.75) is 6.92 Å². The average Bonchev–Trinajstić information content (AvgIpc) is 2.38. The molecule has 0 radical (unpaired) electrons. The normalized spacial score (nSPS) is 10.0. The molecule has 2 aromatic carbocycles. The van der Waals surface area contributed by atoms with E-state index in [-0.39, 0.29) is 0 Å². The van der Waals surface area contributed by atoms with Crippen LogP contribution >= 0.6 is 0 Å². The van der Waals surface area contributed by atoms with Gasteiger partial charge in [-0.1, -0.05) is 35.9 Å². The SMILES string of the molecule is Cc1cccc(C(=O)N(O)c2ccccc2)c1. The number of amides is 1. The quantitative estimate of drug-likeness (QED) is 0.632. The molecule has 0 aliphatic carbocycles. The molecule has 0 saturated heterocycles. The topological polar surface area (TPSA) is 40.5 Å². The van der Waals surface area contributed by atoms with Crippen LogP contribution in [0.2, 0.25) is 0 Å². The standard InChI is InChI=1S/C14H13NO2/c1-11-6-5-7-12(10-11)14(16)15(17)13-8-3-2-4-9-13/h2-10,17H,1H3. The number of carbonyl (C=O) groups is 1. The summed E-state index contributed by atoms with van der Waals surface area (Å²) < 4.78 is 0. The highest BCUT2D eigenvalue weighted by molar-refractivity contribution is 6.04. The van der Waals surface area contributed by atoms with Gasteiger partial charge in [0, 0.05) is 5.56 Å². The van der Waals surface area contributed by atoms with Gasteiger partial charge in [0.05, 0.1) is 5.69 Å². The summed E-state index contributed by atoms with van der Waals surface area (Å²) in [6.45, 7) is 1.90. The maximum atomic E-state index is 12.0. The number of aryl methyl sites for hydroxylation is 1. The molecule has 2 rings (SSSR count). The van der Waals surface area contributed by atoms with Crippen molar-refractivity contribution < 1.29 is 10.0 Å². The molecule has 0 atom stereocenters. The number of para-hydroxylation sites is 1. The van der Waals surface area contributed by atoms with Crippen LogP contribution in [0.25, 0.3) is 0 Å². The predicted molar refractivity (Wildman–Crippen MR) is 66.2 cm³/mol. The van der Waals surface area contributed by atoms with Crippen molar-refractivity contribution in [1.29, 1.82) is 0 Å². The highest BCUT2D eigenvalue weighted by Gasteiger charge is 2.14. The fourth-order valence-electron chi connectivity index (χ4n) is 1.59. The Morgan fingerprint density at radius 3 is 2.41 bits per heavy atom. The third-order valence-electron chi connectivity index (χ3n) is 2.46. The molecule has 0 bridgehead atoms. The maximum absolute atomic E-state index is 12.0. The van der Waals surface area contributed by atoms with Crippen molar-refractivity contribution in [2.75, 3.05) is 5.06 Å². The molecule has 0 aliphatic heterocycles. The maximum Gasteiger partial charge on any atom is 0.281 e. The molecule has 1 N–H and O–H groups in total. The van der Waals surface area contributed by atoms with Gasteiger partial charge in [0.15, 0.2) is 0 Å². The fraction of sp³-hybridized carbons (Fsp3) is 0.0714. The van der Waals surface area contributed by atoms with Gasteiger partial charge in [-0.25, -0.2) is 0 Å². The molecule has 0 aliphatic rings. The lowest BCUT2D eigenvalue weighted by Crippen LogP contribution is -2.26. The Balaban J connectivity index is 2.27. The van der Waals surface area contributed by atoms with E-state index in [9.17, 15) is 10.0 Å². The van der Waals surface area contributed by atoms with E-state index in [0.717, 1.165) is 5.56 Å². The van der Waals surface area contributed by atoms with Crippen LogP contribution in [0.4, 0.5) is 5.69 Å². The van der Waals surface area contributed by atoms with Crippen molar-refractivity contribution in [1.82, 2.24) is 0 Å². The highest BCUT2D eigenvalue weighted by Crippen LogP contribution is 2.15. The first-order valence-corrected chi connectivity index (χ1v) is 5.33. The van der Waals surface area contributed by atoms with E-state index in [1.54, 1.807) is 42.5 Å². The molecule has 17 heavy (non-hydrogen) atoms. The van der Waals surface area contributed by atoms with Crippen LogP contribution in [0.15, 0.2) is 54.6 Å². The number of benzene rings is 2. The molecule has 3 heteroatoms. The lowest BCUT2D eigenvalue weighted by Gasteiger charge is -2.14. The van der Waals surface area contributed by atoms with Crippen molar-refractivity contribution in [3.05, 3.63) is 65.7 Å². The molecule has 0 unspecified atom stereocenters. The minimum absolute atomic E-state index is 0.431. The molecule has 1 amide bonds. The summed E-state index contributed by atoms with van der Waals surface area (Å²) in [5.74, 6) is -0.431. The highest BCUT2D eigenvalue weighted by atomic mass is 16.5. The molecular formula is C14H13NO2. The van der Waals surface area contributed by atoms with Gasteiger partial charge in [0.2, 0.25) is 0 Å². The smallest absolute Gasteiger partial charge is 0.281 e. The van der Waals surface area contributed by atoms with E-state index in [1.165, 1.54) is 0 Å². The van der Waals surface area contributed by atoms with Gasteiger partial charge in [0.25, 0.3) is 5.91 Å². The van der Waals surface area contributed by atoms with Gasteiger partial charge in [0.1, 0.15) is 0 Å². The summed E-state index contributed by atoms with van der Waals surface area (Å²) in [4.78, 5) is 12.0. The molecule has 0 heterocycles. The van der Waals surface area contributed by atoms with Gasteiger partial charge in [-0.05, 0) is 31.2 Å². The van der Waals surface area contributed by atoms with Gasteiger partial charge in [-0.3, -0.25) is 10.0 Å². The van der Waals surface area contributed by atoms with Gasteiger partial charge >= 0.3 is 0 Å². The molecule has 0 saturated carbocycles. The molecule has 86 valence electrons. The number of hydroxylamine groups is 1. The minimum atomic E-state index is -0.431. The monoisotopic (exact) mass is 227 g/mol. The second-order valence-electron chi connectivity index (χ2n) is 3.82. The Labute approximate surface area is 99.9 Å². The van der Waals surface area contributed by atoms with Crippen molar-refractivity contribution in [3.63, 3.8) is 0 Å². The molecule has 0 aromatic heterocycles. The van der Waals surface area contributed by atoms with Crippen LogP contribution in [-0.2, 0) is 0 Å². The fourth-order valence-corrected chi connectivity index (χ4v) is 1.59. The van der Waals surface area contributed by atoms with Crippen LogP contribution in [0, 0.1) is 6.92 Å². The predicted octanol–water partition coefficient (Wildman–Crippen LogP) is 3.03. The first kappa shape index (κ1) is 11.4. The van der Waals surface area contributed by atoms with Gasteiger partial charge < -0.3 is 0 Å². The lowest BCUT2D eigenvalue weighted by molar-refractivity contribution is 0.0854. The molecular weight excluding hydrogens is 214 g/mol. The third kappa shape index (κ3) is 2.52. The number of rotatable bonds is 2. The summed E-state index contributed by atoms with van der Waals surface area (Å²) in [5, 5.41) is 10.5. The zero-order valence-electron chi connectivity index (χ0n) is 9.50. The van der Waals surface area contributed by atoms with E-state index in [4.69, 9.17) is 0 Å². The Morgan fingerprint density at radius 1 is 1.06 bits per heavy atom. The number of carbonyl (C=O) groups excluding carboxylic acids is 1. The summed E-state index contributed by atoms with van der Waals surface area (Å²) in [6, 6.07) is 15.8. The Hall–Kier alpha value is -2.13. The molecule has 0 fully saturated rings. The summed E-state index contributed by atoms with van der Waals surface area (Å²) in [6.07, 6.45) is 0. The van der Waals surface area contributed by atoms with E-state index in [1.807, 2.05) is 19.1 Å². The van der Waals surface area contributed by atoms with E-state index in [2.05, 4.69) is 0 Å². The number of nitrogens with zero attached hydrogens (tertiary/aromatic N) is 1. The van der Waals surface area contributed by atoms with Crippen LogP contribution in [0.1, 0.15) is 15.9 Å². The first-order valence-electron chi connectivity index (χ1n) is 5.33. The summed E-state index contributed by atoms with van der Waals surface area (Å²) >= 11 is 0. The third-order valence-corrected chi connectivity index (χ3v) is 2.46. The van der Waals surface area contributed by atoms with Crippen molar-refractivity contribution in [3.8, 4) is 0 Å². The number of anilines is 1. The second-order valence-corrected chi connectivity index (χ2v) is 3.82. The largest absolute Gasteiger partial charge is 0.281 e. The zero-order chi connectivity index (χ0) is 12.3. The van der Waals surface area contributed by atoms with E-state index in [0.29, 0.717) is 16.3 Å². The van der Waals surface area contributed by atoms with Crippen LogP contribution in [0.5, 0.6) is 0 Å². The summed E-state index contributed by atoms with van der Waals surface area (Å²) in [5.41, 5.74) is 1.91. The average molecular weight is 227 g/mol. The van der Waals surface area contributed by atoms with Crippen LogP contribution in [-0.4, -0.2) is 11.1 Å². The lowest BCUT2D eigenvalue weighted by atomic mass is 10.1. The number of hydrogen-bond donors (Lipinski definition) is 1. The van der Waals surface area contributed by atoms with Gasteiger partial charge in [-0.15, -0.1) is 0 Å². The van der Waals surface area contributed by atoms with Crippen LogP contribution in [0.3, 0.4) is 0 Å². The van der Waals surface area contributed by atoms with E-state index < -0.39 is 5.91 Å². The molecule has 3 nitrogen and oxygen atoms in total.